The molecule has 3 heterocycles. The molecule has 2 fully saturated rings. The second kappa shape index (κ2) is 7.91. The number of amides is 2. The number of nitrogens with zero attached hydrogens (tertiary/aromatic N) is 3. The van der Waals surface area contributed by atoms with E-state index in [0.717, 1.165) is 16.0 Å². The van der Waals surface area contributed by atoms with Crippen LogP contribution in [0.4, 0.5) is 5.69 Å². The molecule has 9 nitrogen and oxygen atoms in total. The lowest BCUT2D eigenvalue weighted by Gasteiger charge is -2.33. The van der Waals surface area contributed by atoms with Gasteiger partial charge >= 0.3 is 5.97 Å². The summed E-state index contributed by atoms with van der Waals surface area (Å²) in [6.45, 7) is 1.86. The first kappa shape index (κ1) is 21.0. The first-order chi connectivity index (χ1) is 16.0. The van der Waals surface area contributed by atoms with E-state index in [1.165, 1.54) is 14.2 Å². The van der Waals surface area contributed by atoms with Gasteiger partial charge in [0.2, 0.25) is 11.8 Å². The van der Waals surface area contributed by atoms with Gasteiger partial charge in [-0.25, -0.2) is 9.69 Å². The molecular formula is C24H23N3O6. The van der Waals surface area contributed by atoms with Gasteiger partial charge in [-0.15, -0.1) is 0 Å². The van der Waals surface area contributed by atoms with Crippen molar-refractivity contribution in [1.29, 1.82) is 0 Å². The van der Waals surface area contributed by atoms with Gasteiger partial charge in [-0.2, -0.15) is 5.10 Å². The molecule has 4 atom stereocenters. The van der Waals surface area contributed by atoms with Gasteiger partial charge in [0.25, 0.3) is 0 Å². The van der Waals surface area contributed by atoms with Crippen molar-refractivity contribution in [3.8, 4) is 11.5 Å². The van der Waals surface area contributed by atoms with Crippen LogP contribution in [0, 0.1) is 11.8 Å². The molecule has 3 aliphatic heterocycles. The largest absolute Gasteiger partial charge is 0.497 e. The topological polar surface area (TPSA) is 97.7 Å². The fourth-order valence-corrected chi connectivity index (χ4v) is 5.07. The van der Waals surface area contributed by atoms with Crippen LogP contribution in [0.25, 0.3) is 0 Å². The Kier molecular flexibility index (Phi) is 5.03. The third-order valence-electron chi connectivity index (χ3n) is 6.45. The maximum absolute atomic E-state index is 13.8. The number of esters is 1. The number of benzene rings is 2. The number of fused-ring (bicyclic) bond motifs is 5. The van der Waals surface area contributed by atoms with Gasteiger partial charge in [0, 0.05) is 6.07 Å². The Morgan fingerprint density at radius 3 is 2.52 bits per heavy atom. The first-order valence-electron chi connectivity index (χ1n) is 10.7. The van der Waals surface area contributed by atoms with Crippen LogP contribution >= 0.6 is 0 Å². The average Bonchev–Trinajstić information content (AvgIpc) is 3.31. The number of anilines is 1. The summed E-state index contributed by atoms with van der Waals surface area (Å²) >= 11 is 0. The summed E-state index contributed by atoms with van der Waals surface area (Å²) in [7, 11) is 2.98. The predicted molar refractivity (Wildman–Crippen MR) is 118 cm³/mol. The lowest BCUT2D eigenvalue weighted by Crippen LogP contribution is -2.45. The summed E-state index contributed by atoms with van der Waals surface area (Å²) in [4.78, 5) is 41.6. The van der Waals surface area contributed by atoms with E-state index in [0.29, 0.717) is 17.2 Å². The van der Waals surface area contributed by atoms with E-state index in [1.807, 2.05) is 24.3 Å². The number of rotatable bonds is 5. The van der Waals surface area contributed by atoms with Crippen molar-refractivity contribution < 1.29 is 28.6 Å². The fraction of sp³-hybridized carbons (Fsp3) is 0.333. The molecule has 4 unspecified atom stereocenters. The van der Waals surface area contributed by atoms with Crippen molar-refractivity contribution in [2.45, 2.75) is 19.0 Å². The Balaban J connectivity index is 1.63. The molecule has 2 saturated heterocycles. The molecule has 0 aliphatic carbocycles. The van der Waals surface area contributed by atoms with Gasteiger partial charge in [-0.1, -0.05) is 24.3 Å². The van der Waals surface area contributed by atoms with Crippen LogP contribution in [0.15, 0.2) is 47.6 Å². The minimum absolute atomic E-state index is 0.156. The summed E-state index contributed by atoms with van der Waals surface area (Å²) in [5, 5.41) is 6.03. The number of carbonyl (C=O) groups excluding carboxylic acids is 3. The summed E-state index contributed by atoms with van der Waals surface area (Å²) in [5.41, 5.74) is 2.01. The Hall–Kier alpha value is -3.88. The number of carbonyl (C=O) groups is 3. The predicted octanol–water partition coefficient (Wildman–Crippen LogP) is 2.15. The molecule has 5 rings (SSSR count). The first-order valence-corrected chi connectivity index (χ1v) is 10.7. The molecule has 9 heteroatoms. The van der Waals surface area contributed by atoms with Crippen molar-refractivity contribution in [2.75, 3.05) is 25.7 Å². The Morgan fingerprint density at radius 2 is 1.79 bits per heavy atom. The van der Waals surface area contributed by atoms with Crippen molar-refractivity contribution >= 4 is 29.7 Å². The minimum Gasteiger partial charge on any atom is -0.497 e. The molecule has 170 valence electrons. The van der Waals surface area contributed by atoms with E-state index in [9.17, 15) is 14.4 Å². The molecule has 0 radical (unpaired) electrons. The molecule has 0 spiro atoms. The maximum Gasteiger partial charge on any atom is 0.331 e. The highest BCUT2D eigenvalue weighted by Gasteiger charge is 2.66. The quantitative estimate of drug-likeness (QED) is 0.510. The molecule has 0 saturated carbocycles. The number of ether oxygens (including phenoxy) is 3. The van der Waals surface area contributed by atoms with E-state index < -0.39 is 41.7 Å². The fourth-order valence-electron chi connectivity index (χ4n) is 5.07. The molecular weight excluding hydrogens is 426 g/mol. The van der Waals surface area contributed by atoms with Crippen LogP contribution in [0.5, 0.6) is 11.5 Å². The SMILES string of the molecule is CCOC(=O)C1C2C(=O)N(c3ccc(OC)cc3OC)C(=O)C2C2c3ccccc3C=NN12. The van der Waals surface area contributed by atoms with E-state index in [1.54, 1.807) is 36.3 Å². The maximum atomic E-state index is 13.8. The van der Waals surface area contributed by atoms with Crippen molar-refractivity contribution in [1.82, 2.24) is 5.01 Å². The van der Waals surface area contributed by atoms with Gasteiger partial charge in [0.15, 0.2) is 6.04 Å². The second-order valence-electron chi connectivity index (χ2n) is 8.00. The second-order valence-corrected chi connectivity index (χ2v) is 8.00. The zero-order valence-corrected chi connectivity index (χ0v) is 18.4. The van der Waals surface area contributed by atoms with Crippen molar-refractivity contribution in [3.05, 3.63) is 53.6 Å². The summed E-state index contributed by atoms with van der Waals surface area (Å²) in [6, 6.07) is 10.9. The summed E-state index contributed by atoms with van der Waals surface area (Å²) in [6.07, 6.45) is 1.65. The van der Waals surface area contributed by atoms with Crippen LogP contribution in [-0.2, 0) is 19.1 Å². The zero-order chi connectivity index (χ0) is 23.3. The van der Waals surface area contributed by atoms with E-state index >= 15 is 0 Å². The number of methoxy groups -OCH3 is 2. The number of hydrazone groups is 1. The lowest BCUT2D eigenvalue weighted by atomic mass is 9.85. The normalized spacial score (nSPS) is 24.9. The van der Waals surface area contributed by atoms with E-state index in [4.69, 9.17) is 14.2 Å². The number of imide groups is 1. The molecule has 2 aromatic rings. The molecule has 2 amide bonds. The van der Waals surface area contributed by atoms with Crippen LogP contribution in [0.2, 0.25) is 0 Å². The van der Waals surface area contributed by atoms with Crippen molar-refractivity contribution in [2.24, 2.45) is 16.9 Å². The van der Waals surface area contributed by atoms with Gasteiger partial charge in [0.05, 0.1) is 50.6 Å². The highest BCUT2D eigenvalue weighted by atomic mass is 16.5. The van der Waals surface area contributed by atoms with Gasteiger partial charge in [-0.3, -0.25) is 14.6 Å². The smallest absolute Gasteiger partial charge is 0.331 e. The van der Waals surface area contributed by atoms with Gasteiger partial charge in [0.1, 0.15) is 11.5 Å². The number of hydrogen-bond donors (Lipinski definition) is 0. The standard InChI is InChI=1S/C24H23N3O6/c1-4-33-24(30)21-19-18(20-15-8-6-5-7-13(15)12-25-27(20)21)22(28)26(23(19)29)16-10-9-14(31-2)11-17(16)32-3/h5-12,18-21H,4H2,1-3H3. The van der Waals surface area contributed by atoms with Gasteiger partial charge < -0.3 is 14.2 Å². The van der Waals surface area contributed by atoms with Crippen LogP contribution < -0.4 is 14.4 Å². The summed E-state index contributed by atoms with van der Waals surface area (Å²) in [5.74, 6) is -2.33. The van der Waals surface area contributed by atoms with E-state index in [-0.39, 0.29) is 6.61 Å². The highest BCUT2D eigenvalue weighted by molar-refractivity contribution is 6.24. The molecule has 0 bridgehead atoms. The van der Waals surface area contributed by atoms with E-state index in [2.05, 4.69) is 5.10 Å². The highest BCUT2D eigenvalue weighted by Crippen LogP contribution is 2.53. The van der Waals surface area contributed by atoms with Crippen LogP contribution in [0.3, 0.4) is 0 Å². The third-order valence-corrected chi connectivity index (χ3v) is 6.45. The van der Waals surface area contributed by atoms with Crippen molar-refractivity contribution in [3.63, 3.8) is 0 Å². The minimum atomic E-state index is -1.00. The molecule has 0 N–H and O–H groups in total. The van der Waals surface area contributed by atoms with Crippen LogP contribution in [0.1, 0.15) is 24.1 Å². The Morgan fingerprint density at radius 1 is 1.03 bits per heavy atom. The lowest BCUT2D eigenvalue weighted by molar-refractivity contribution is -0.152. The third kappa shape index (κ3) is 2.99. The van der Waals surface area contributed by atoms with Gasteiger partial charge in [-0.05, 0) is 30.2 Å². The monoisotopic (exact) mass is 449 g/mol. The molecule has 2 aromatic carbocycles. The Labute approximate surface area is 190 Å². The summed E-state index contributed by atoms with van der Waals surface area (Å²) < 4.78 is 16.0. The molecule has 0 aromatic heterocycles. The number of hydrogen-bond acceptors (Lipinski definition) is 8. The zero-order valence-electron chi connectivity index (χ0n) is 18.4. The Bertz CT molecular complexity index is 1180. The average molecular weight is 449 g/mol. The molecule has 3 aliphatic rings. The van der Waals surface area contributed by atoms with Crippen LogP contribution in [-0.4, -0.2) is 55.9 Å². The molecule has 33 heavy (non-hydrogen) atoms.